The first-order valence-corrected chi connectivity index (χ1v) is 11.4. The molecule has 0 unspecified atom stereocenters. The highest BCUT2D eigenvalue weighted by Crippen LogP contribution is 2.36. The molecule has 10 heteroatoms. The van der Waals surface area contributed by atoms with Crippen molar-refractivity contribution < 1.29 is 9.21 Å². The Morgan fingerprint density at radius 2 is 2.16 bits per heavy atom. The molecule has 1 fully saturated rings. The van der Waals surface area contributed by atoms with E-state index in [0.717, 1.165) is 29.9 Å². The van der Waals surface area contributed by atoms with E-state index < -0.39 is 0 Å². The van der Waals surface area contributed by atoms with Gasteiger partial charge < -0.3 is 14.3 Å². The maximum Gasteiger partial charge on any atom is 0.235 e. The van der Waals surface area contributed by atoms with Crippen LogP contribution in [0.3, 0.4) is 0 Å². The lowest BCUT2D eigenvalue weighted by Gasteiger charge is -2.27. The van der Waals surface area contributed by atoms with E-state index >= 15 is 0 Å². The third kappa shape index (κ3) is 4.51. The number of rotatable bonds is 7. The number of hydrogen-bond donors (Lipinski definition) is 1. The molecule has 0 radical (unpaired) electrons. The van der Waals surface area contributed by atoms with E-state index in [4.69, 9.17) is 4.42 Å². The van der Waals surface area contributed by atoms with E-state index in [1.165, 1.54) is 31.0 Å². The molecule has 0 saturated heterocycles. The standard InChI is InChI=1S/C21H25N7O2S/c1-14-15(2)28(16-7-4-3-5-8-16)20(18(14)11-22)23-19(29)13-31-21-24-25-26-27(21)12-17-9-6-10-30-17/h6,9-10,16H,3-5,7-8,12-13H2,1-2H3,(H,23,29). The van der Waals surface area contributed by atoms with E-state index in [2.05, 4.69) is 31.5 Å². The van der Waals surface area contributed by atoms with Crippen molar-refractivity contribution in [3.63, 3.8) is 0 Å². The summed E-state index contributed by atoms with van der Waals surface area (Å²) >= 11 is 1.25. The SMILES string of the molecule is Cc1c(C#N)c(NC(=O)CSc2nnnn2Cc2ccco2)n(C2CCCCC2)c1C. The molecule has 0 bridgehead atoms. The lowest BCUT2D eigenvalue weighted by Crippen LogP contribution is -2.22. The molecule has 0 spiro atoms. The van der Waals surface area contributed by atoms with Gasteiger partial charge in [-0.25, -0.2) is 4.68 Å². The smallest absolute Gasteiger partial charge is 0.235 e. The van der Waals surface area contributed by atoms with E-state index in [9.17, 15) is 10.1 Å². The molecular weight excluding hydrogens is 414 g/mol. The summed E-state index contributed by atoms with van der Waals surface area (Å²) < 4.78 is 9.09. The average Bonchev–Trinajstić information content (AvgIpc) is 3.50. The lowest BCUT2D eigenvalue weighted by atomic mass is 9.95. The Bertz CT molecular complexity index is 1090. The highest BCUT2D eigenvalue weighted by atomic mass is 32.2. The van der Waals surface area contributed by atoms with Gasteiger partial charge in [0, 0.05) is 11.7 Å². The Hall–Kier alpha value is -3.06. The number of furan rings is 1. The molecule has 1 N–H and O–H groups in total. The first-order valence-electron chi connectivity index (χ1n) is 10.4. The minimum absolute atomic E-state index is 0.136. The summed E-state index contributed by atoms with van der Waals surface area (Å²) in [7, 11) is 0. The van der Waals surface area contributed by atoms with Crippen LogP contribution in [0.5, 0.6) is 0 Å². The minimum Gasteiger partial charge on any atom is -0.467 e. The van der Waals surface area contributed by atoms with Crippen LogP contribution in [0.15, 0.2) is 28.0 Å². The van der Waals surface area contributed by atoms with E-state index in [0.29, 0.717) is 29.1 Å². The number of tetrazole rings is 1. The van der Waals surface area contributed by atoms with Gasteiger partial charge in [0.15, 0.2) is 0 Å². The second kappa shape index (κ2) is 9.39. The van der Waals surface area contributed by atoms with Crippen molar-refractivity contribution in [3.8, 4) is 6.07 Å². The predicted octanol–water partition coefficient (Wildman–Crippen LogP) is 3.84. The molecule has 0 atom stereocenters. The molecule has 0 aromatic carbocycles. The molecule has 162 valence electrons. The number of carbonyl (C=O) groups is 1. The summed E-state index contributed by atoms with van der Waals surface area (Å²) in [6.45, 7) is 4.36. The maximum absolute atomic E-state index is 12.8. The van der Waals surface area contributed by atoms with Gasteiger partial charge in [0.25, 0.3) is 0 Å². The number of carbonyl (C=O) groups excluding carboxylic acids is 1. The maximum atomic E-state index is 12.8. The van der Waals surface area contributed by atoms with Crippen molar-refractivity contribution in [2.24, 2.45) is 0 Å². The zero-order chi connectivity index (χ0) is 21.8. The van der Waals surface area contributed by atoms with Gasteiger partial charge in [-0.05, 0) is 54.8 Å². The van der Waals surface area contributed by atoms with Gasteiger partial charge in [-0.1, -0.05) is 31.0 Å². The Morgan fingerprint density at radius 1 is 1.35 bits per heavy atom. The second-order valence-corrected chi connectivity index (χ2v) is 8.69. The number of aromatic nitrogens is 5. The van der Waals surface area contributed by atoms with E-state index in [-0.39, 0.29) is 11.7 Å². The third-order valence-electron chi connectivity index (χ3n) is 5.78. The summed E-state index contributed by atoms with van der Waals surface area (Å²) in [5.41, 5.74) is 2.52. The van der Waals surface area contributed by atoms with Crippen molar-refractivity contribution in [2.75, 3.05) is 11.1 Å². The zero-order valence-corrected chi connectivity index (χ0v) is 18.5. The number of nitrogens with zero attached hydrogens (tertiary/aromatic N) is 6. The van der Waals surface area contributed by atoms with Crippen molar-refractivity contribution in [1.82, 2.24) is 24.8 Å². The average molecular weight is 440 g/mol. The van der Waals surface area contributed by atoms with Crippen LogP contribution in [0, 0.1) is 25.2 Å². The summed E-state index contributed by atoms with van der Waals surface area (Å²) in [6, 6.07) is 6.25. The largest absolute Gasteiger partial charge is 0.467 e. The van der Waals surface area contributed by atoms with E-state index in [1.54, 1.807) is 17.0 Å². The molecule has 31 heavy (non-hydrogen) atoms. The van der Waals surface area contributed by atoms with Gasteiger partial charge in [-0.15, -0.1) is 5.10 Å². The summed E-state index contributed by atoms with van der Waals surface area (Å²) in [5.74, 6) is 1.29. The number of anilines is 1. The Morgan fingerprint density at radius 3 is 2.87 bits per heavy atom. The predicted molar refractivity (Wildman–Crippen MR) is 116 cm³/mol. The summed E-state index contributed by atoms with van der Waals surface area (Å²) in [6.07, 6.45) is 7.32. The second-order valence-electron chi connectivity index (χ2n) is 7.74. The fourth-order valence-corrected chi connectivity index (χ4v) is 4.81. The van der Waals surface area contributed by atoms with Crippen LogP contribution < -0.4 is 5.32 Å². The molecule has 9 nitrogen and oxygen atoms in total. The van der Waals surface area contributed by atoms with Crippen LogP contribution >= 0.6 is 11.8 Å². The first kappa shape index (κ1) is 21.2. The van der Waals surface area contributed by atoms with Crippen molar-refractivity contribution in [2.45, 2.75) is 63.7 Å². The van der Waals surface area contributed by atoms with Gasteiger partial charge in [0.05, 0.1) is 17.6 Å². The van der Waals surface area contributed by atoms with Crippen molar-refractivity contribution in [1.29, 1.82) is 5.26 Å². The molecule has 1 aliphatic carbocycles. The molecule has 3 aromatic rings. The Labute approximate surface area is 184 Å². The number of hydrogen-bond acceptors (Lipinski definition) is 7. The summed E-state index contributed by atoms with van der Waals surface area (Å²) in [5, 5.41) is 24.9. The van der Waals surface area contributed by atoms with E-state index in [1.807, 2.05) is 19.9 Å². The highest BCUT2D eigenvalue weighted by molar-refractivity contribution is 7.99. The molecule has 1 amide bonds. The number of nitrogens with one attached hydrogen (secondary N) is 1. The molecule has 1 aliphatic rings. The van der Waals surface area contributed by atoms with Gasteiger partial charge in [-0.2, -0.15) is 5.26 Å². The normalized spacial score (nSPS) is 14.5. The van der Waals surface area contributed by atoms with Crippen LogP contribution in [0.2, 0.25) is 0 Å². The van der Waals surface area contributed by atoms with Gasteiger partial charge >= 0.3 is 0 Å². The molecular formula is C21H25N7O2S. The lowest BCUT2D eigenvalue weighted by molar-refractivity contribution is -0.113. The van der Waals surface area contributed by atoms with Gasteiger partial charge in [0.1, 0.15) is 24.2 Å². The third-order valence-corrected chi connectivity index (χ3v) is 6.74. The van der Waals surface area contributed by atoms with Gasteiger partial charge in [0.2, 0.25) is 11.1 Å². The van der Waals surface area contributed by atoms with Crippen LogP contribution in [0.4, 0.5) is 5.82 Å². The molecule has 1 saturated carbocycles. The minimum atomic E-state index is -0.191. The van der Waals surface area contributed by atoms with Crippen LogP contribution in [0.1, 0.15) is 60.7 Å². The molecule has 3 heterocycles. The zero-order valence-electron chi connectivity index (χ0n) is 17.7. The Kier molecular flexibility index (Phi) is 6.42. The number of thioether (sulfide) groups is 1. The number of amides is 1. The Balaban J connectivity index is 1.47. The van der Waals surface area contributed by atoms with Gasteiger partial charge in [-0.3, -0.25) is 4.79 Å². The topological polar surface area (TPSA) is 115 Å². The highest BCUT2D eigenvalue weighted by Gasteiger charge is 2.26. The fraction of sp³-hybridized carbons (Fsp3) is 0.476. The van der Waals surface area contributed by atoms with Crippen LogP contribution in [0.25, 0.3) is 0 Å². The first-order chi connectivity index (χ1) is 15.1. The van der Waals surface area contributed by atoms with Crippen molar-refractivity contribution in [3.05, 3.63) is 41.0 Å². The fourth-order valence-electron chi connectivity index (χ4n) is 4.13. The molecule has 3 aromatic heterocycles. The quantitative estimate of drug-likeness (QED) is 0.556. The summed E-state index contributed by atoms with van der Waals surface area (Å²) in [4.78, 5) is 12.8. The monoisotopic (exact) mass is 439 g/mol. The van der Waals surface area contributed by atoms with Crippen molar-refractivity contribution >= 4 is 23.5 Å². The molecule has 4 rings (SSSR count). The molecule has 0 aliphatic heterocycles. The number of nitriles is 1. The van der Waals surface area contributed by atoms with Crippen LogP contribution in [-0.4, -0.2) is 36.4 Å². The van der Waals surface area contributed by atoms with Crippen LogP contribution in [-0.2, 0) is 11.3 Å².